The van der Waals surface area contributed by atoms with E-state index >= 15 is 4.11 Å². The maximum atomic E-state index is 16.6. The van der Waals surface area contributed by atoms with E-state index in [2.05, 4.69) is 0 Å². The molecule has 2 saturated heterocycles. The van der Waals surface area contributed by atoms with Crippen LogP contribution in [0, 0.1) is 5.92 Å². The lowest BCUT2D eigenvalue weighted by Gasteiger charge is -2.37. The van der Waals surface area contributed by atoms with Crippen LogP contribution < -0.4 is 9.80 Å². The first-order valence-electron chi connectivity index (χ1n) is 17.7. The maximum absolute atomic E-state index is 16.6. The fraction of sp³-hybridized carbons (Fsp3) is 0.462. The van der Waals surface area contributed by atoms with E-state index in [-0.39, 0.29) is 30.7 Å². The molecule has 2 fully saturated rings. The Hall–Kier alpha value is -3.86. The van der Waals surface area contributed by atoms with Crippen LogP contribution in [0.4, 0.5) is 21.2 Å². The molecular weight excluding hydrogens is 638 g/mol. The highest BCUT2D eigenvalue weighted by Gasteiger charge is 2.67. The number of fused-ring (bicyclic) bond motifs is 3. The molecule has 4 heterocycles. The number of carbonyl (C=O) groups excluding carboxylic acids is 3. The highest BCUT2D eigenvalue weighted by atomic mass is 28.4. The van der Waals surface area contributed by atoms with Gasteiger partial charge in [0.15, 0.2) is 5.60 Å². The van der Waals surface area contributed by atoms with Crippen molar-refractivity contribution >= 4 is 43.2 Å². The van der Waals surface area contributed by atoms with Crippen molar-refractivity contribution in [2.45, 2.75) is 94.8 Å². The normalized spacial score (nSPS) is 27.2. The SMILES string of the molecule is C[C@@H]1[C@@H]([Si](C)(C)F)[C@H](CC(=O)N2Cc3ccccc3C[C@H]2CO)O[C@@]12C(=O)N(c1ccccc1)c1ccc(N3CCCCCCC3=O)cc12. The average Bonchev–Trinajstić information content (AvgIpc) is 3.52. The molecule has 3 aromatic rings. The lowest BCUT2D eigenvalue weighted by molar-refractivity contribution is -0.150. The van der Waals surface area contributed by atoms with Crippen molar-refractivity contribution in [1.29, 1.82) is 0 Å². The van der Waals surface area contributed by atoms with E-state index < -0.39 is 37.6 Å². The Bertz CT molecular complexity index is 1750. The Kier molecular flexibility index (Phi) is 9.00. The van der Waals surface area contributed by atoms with Gasteiger partial charge in [-0.25, -0.2) is 0 Å². The van der Waals surface area contributed by atoms with E-state index in [4.69, 9.17) is 4.74 Å². The highest BCUT2D eigenvalue weighted by Crippen LogP contribution is 2.61. The van der Waals surface area contributed by atoms with Crippen molar-refractivity contribution in [2.75, 3.05) is 23.0 Å². The maximum Gasteiger partial charge on any atom is 0.268 e. The second-order valence-electron chi connectivity index (χ2n) is 14.7. The van der Waals surface area contributed by atoms with Gasteiger partial charge >= 0.3 is 0 Å². The molecule has 0 bridgehead atoms. The molecule has 1 spiro atoms. The second-order valence-corrected chi connectivity index (χ2v) is 18.5. The molecule has 5 atom stereocenters. The summed E-state index contributed by atoms with van der Waals surface area (Å²) in [5.41, 5.74) is 2.54. The third kappa shape index (κ3) is 5.81. The lowest BCUT2D eigenvalue weighted by Crippen LogP contribution is -2.48. The quantitative estimate of drug-likeness (QED) is 0.229. The smallest absolute Gasteiger partial charge is 0.268 e. The lowest BCUT2D eigenvalue weighted by atomic mass is 9.82. The number of amides is 3. The number of ether oxygens (including phenoxy) is 1. The minimum atomic E-state index is -3.54. The van der Waals surface area contributed by atoms with Crippen LogP contribution in [0.15, 0.2) is 72.8 Å². The molecule has 8 nitrogen and oxygen atoms in total. The van der Waals surface area contributed by atoms with Crippen LogP contribution in [0.25, 0.3) is 0 Å². The van der Waals surface area contributed by atoms with Crippen molar-refractivity contribution in [3.8, 4) is 0 Å². The predicted molar refractivity (Wildman–Crippen MR) is 190 cm³/mol. The van der Waals surface area contributed by atoms with E-state index in [1.165, 1.54) is 0 Å². The number of halogens is 1. The number of aliphatic hydroxyl groups is 1. The number of aliphatic hydroxyl groups excluding tert-OH is 1. The van der Waals surface area contributed by atoms with E-state index in [1.54, 1.807) is 22.9 Å². The van der Waals surface area contributed by atoms with E-state index in [9.17, 15) is 19.5 Å². The molecule has 0 aliphatic carbocycles. The Balaban J connectivity index is 1.30. The van der Waals surface area contributed by atoms with Crippen LogP contribution in [0.5, 0.6) is 0 Å². The molecular formula is C39H46FN3O5Si. The number of benzene rings is 3. The van der Waals surface area contributed by atoms with Gasteiger partial charge in [0.1, 0.15) is 0 Å². The number of nitrogens with zero attached hydrogens (tertiary/aromatic N) is 3. The first-order valence-corrected chi connectivity index (χ1v) is 20.7. The molecule has 7 rings (SSSR count). The van der Waals surface area contributed by atoms with Gasteiger partial charge in [-0.2, -0.15) is 0 Å². The number of anilines is 3. The summed E-state index contributed by atoms with van der Waals surface area (Å²) in [6.07, 6.45) is 3.86. The third-order valence-corrected chi connectivity index (χ3v) is 13.7. The summed E-state index contributed by atoms with van der Waals surface area (Å²) >= 11 is 0. The topological polar surface area (TPSA) is 90.4 Å². The monoisotopic (exact) mass is 683 g/mol. The molecule has 4 aliphatic rings. The Morgan fingerprint density at radius 2 is 1.67 bits per heavy atom. The predicted octanol–water partition coefficient (Wildman–Crippen LogP) is 6.77. The summed E-state index contributed by atoms with van der Waals surface area (Å²) in [4.78, 5) is 47.7. The average molecular weight is 684 g/mol. The first kappa shape index (κ1) is 33.6. The van der Waals surface area contributed by atoms with Crippen LogP contribution in [0.2, 0.25) is 18.6 Å². The number of carbonyl (C=O) groups is 3. The minimum absolute atomic E-state index is 0.0542. The van der Waals surface area contributed by atoms with Crippen LogP contribution in [0.3, 0.4) is 0 Å². The van der Waals surface area contributed by atoms with Gasteiger partial charge in [0, 0.05) is 47.9 Å². The standard InChI is InChI=1S/C39H46FN3O5Si/c1-26-37(49(2,3)40)34(23-36(46)42-24-28-14-11-10-13-27(28)21-31(42)25-44)48-39(26)32-22-30(41-20-12-5-4-9-17-35(41)45)18-19-33(32)43(38(39)47)29-15-7-6-8-16-29/h6-8,10-11,13-16,18-19,22,26,31,34,37,44H,4-5,9,12,17,20-21,23-25H2,1-3H3/t26-,31+,34+,37-,39+/m1/s1. The van der Waals surface area contributed by atoms with Crippen molar-refractivity contribution in [2.24, 2.45) is 5.92 Å². The summed E-state index contributed by atoms with van der Waals surface area (Å²) < 4.78 is 23.6. The molecule has 0 aromatic heterocycles. The van der Waals surface area contributed by atoms with Gasteiger partial charge in [-0.05, 0) is 73.8 Å². The van der Waals surface area contributed by atoms with Gasteiger partial charge in [0.05, 0.1) is 30.9 Å². The van der Waals surface area contributed by atoms with Crippen LogP contribution >= 0.6 is 0 Å². The second kappa shape index (κ2) is 13.1. The molecule has 10 heteroatoms. The van der Waals surface area contributed by atoms with E-state index in [1.807, 2.05) is 84.6 Å². The zero-order chi connectivity index (χ0) is 34.5. The van der Waals surface area contributed by atoms with Crippen molar-refractivity contribution in [3.63, 3.8) is 0 Å². The Morgan fingerprint density at radius 1 is 0.959 bits per heavy atom. The molecule has 3 aromatic carbocycles. The van der Waals surface area contributed by atoms with Gasteiger partial charge in [0.25, 0.3) is 5.91 Å². The largest absolute Gasteiger partial charge is 0.394 e. The van der Waals surface area contributed by atoms with Gasteiger partial charge in [-0.1, -0.05) is 62.2 Å². The number of rotatable bonds is 6. The highest BCUT2D eigenvalue weighted by molar-refractivity contribution is 6.72. The molecule has 258 valence electrons. The van der Waals surface area contributed by atoms with Crippen molar-refractivity contribution in [1.82, 2.24) is 4.90 Å². The molecule has 3 amide bonds. The fourth-order valence-corrected chi connectivity index (χ4v) is 11.4. The van der Waals surface area contributed by atoms with Gasteiger partial charge in [-0.15, -0.1) is 0 Å². The molecule has 4 aliphatic heterocycles. The molecule has 0 radical (unpaired) electrons. The summed E-state index contributed by atoms with van der Waals surface area (Å²) in [6, 6.07) is 22.6. The van der Waals surface area contributed by atoms with E-state index in [0.717, 1.165) is 36.8 Å². The molecule has 1 N–H and O–H groups in total. The van der Waals surface area contributed by atoms with Crippen LogP contribution in [-0.2, 0) is 37.7 Å². The fourth-order valence-electron chi connectivity index (χ4n) is 8.93. The Labute approximate surface area is 289 Å². The molecule has 0 saturated carbocycles. The van der Waals surface area contributed by atoms with Crippen LogP contribution in [-0.4, -0.2) is 61.4 Å². The summed E-state index contributed by atoms with van der Waals surface area (Å²) in [6.45, 7) is 5.91. The van der Waals surface area contributed by atoms with Gasteiger partial charge < -0.3 is 23.8 Å². The summed E-state index contributed by atoms with van der Waals surface area (Å²) in [5, 5.41) is 10.3. The van der Waals surface area contributed by atoms with Gasteiger partial charge in [0.2, 0.25) is 20.2 Å². The zero-order valence-electron chi connectivity index (χ0n) is 28.6. The number of hydrogen-bond acceptors (Lipinski definition) is 5. The minimum Gasteiger partial charge on any atom is -0.394 e. The molecule has 49 heavy (non-hydrogen) atoms. The zero-order valence-corrected chi connectivity index (χ0v) is 29.6. The van der Waals surface area contributed by atoms with Gasteiger partial charge in [-0.3, -0.25) is 19.3 Å². The summed E-state index contributed by atoms with van der Waals surface area (Å²) in [5.74, 6) is -1.07. The van der Waals surface area contributed by atoms with Crippen LogP contribution in [0.1, 0.15) is 62.1 Å². The number of para-hydroxylation sites is 1. The Morgan fingerprint density at radius 3 is 2.41 bits per heavy atom. The number of hydrogen-bond donors (Lipinski definition) is 1. The van der Waals surface area contributed by atoms with E-state index in [0.29, 0.717) is 48.6 Å². The first-order chi connectivity index (χ1) is 23.5. The van der Waals surface area contributed by atoms with Crippen molar-refractivity contribution in [3.05, 3.63) is 89.5 Å². The third-order valence-electron chi connectivity index (χ3n) is 11.3. The van der Waals surface area contributed by atoms with Crippen molar-refractivity contribution < 1.29 is 28.3 Å². The summed E-state index contributed by atoms with van der Waals surface area (Å²) in [7, 11) is -3.54. The molecule has 0 unspecified atom stereocenters.